The van der Waals surface area contributed by atoms with Crippen molar-refractivity contribution >= 4 is 0 Å². The van der Waals surface area contributed by atoms with Crippen LogP contribution in [0.4, 0.5) is 17.6 Å². The number of methoxy groups -OCH3 is 1. The van der Waals surface area contributed by atoms with Gasteiger partial charge in [0.1, 0.15) is 6.61 Å². The Morgan fingerprint density at radius 1 is 1.44 bits per heavy atom. The van der Waals surface area contributed by atoms with Gasteiger partial charge in [-0.3, -0.25) is 0 Å². The van der Waals surface area contributed by atoms with E-state index < -0.39 is 19.0 Å². The highest BCUT2D eigenvalue weighted by Crippen LogP contribution is 2.22. The van der Waals surface area contributed by atoms with Crippen molar-refractivity contribution < 1.29 is 22.3 Å². The lowest BCUT2D eigenvalue weighted by molar-refractivity contribution is -0.159. The molecule has 0 aromatic heterocycles. The second-order valence-electron chi connectivity index (χ2n) is 1.49. The highest BCUT2D eigenvalue weighted by molar-refractivity contribution is 4.66. The first-order chi connectivity index (χ1) is 4.00. The van der Waals surface area contributed by atoms with Gasteiger partial charge in [0.15, 0.2) is 0 Å². The summed E-state index contributed by atoms with van der Waals surface area (Å²) in [7, 11) is 0.941. The third kappa shape index (κ3) is 2.64. The maximum atomic E-state index is 11.7. The van der Waals surface area contributed by atoms with Crippen LogP contribution in [-0.2, 0) is 4.74 Å². The van der Waals surface area contributed by atoms with Gasteiger partial charge < -0.3 is 4.74 Å². The molecule has 0 aromatic rings. The standard InChI is InChI=1S/C4H6F4O/c1-9-2-4(7,8)3(5)6/h3H,2H2,1H3. The van der Waals surface area contributed by atoms with Crippen LogP contribution >= 0.6 is 0 Å². The van der Waals surface area contributed by atoms with Crippen LogP contribution in [0.15, 0.2) is 0 Å². The first-order valence-corrected chi connectivity index (χ1v) is 2.15. The van der Waals surface area contributed by atoms with E-state index in [1.165, 1.54) is 0 Å². The SMILES string of the molecule is COCC(F)(F)C(F)F. The van der Waals surface area contributed by atoms with Gasteiger partial charge in [0, 0.05) is 7.11 Å². The van der Waals surface area contributed by atoms with Gasteiger partial charge in [0.25, 0.3) is 0 Å². The van der Waals surface area contributed by atoms with Gasteiger partial charge >= 0.3 is 12.3 Å². The average Bonchev–Trinajstić information content (AvgIpc) is 1.65. The van der Waals surface area contributed by atoms with E-state index >= 15 is 0 Å². The van der Waals surface area contributed by atoms with Crippen molar-refractivity contribution in [1.82, 2.24) is 0 Å². The molecule has 0 unspecified atom stereocenters. The molecule has 56 valence electrons. The fraction of sp³-hybridized carbons (Fsp3) is 1.00. The Balaban J connectivity index is 3.70. The Kier molecular flexibility index (Phi) is 2.90. The van der Waals surface area contributed by atoms with Crippen molar-refractivity contribution in [2.45, 2.75) is 12.3 Å². The van der Waals surface area contributed by atoms with Crippen LogP contribution in [0.2, 0.25) is 0 Å². The predicted octanol–water partition coefficient (Wildman–Crippen LogP) is 1.53. The summed E-state index contributed by atoms with van der Waals surface area (Å²) in [4.78, 5) is 0. The zero-order valence-corrected chi connectivity index (χ0v) is 4.70. The molecule has 0 saturated carbocycles. The van der Waals surface area contributed by atoms with Crippen molar-refractivity contribution in [3.63, 3.8) is 0 Å². The topological polar surface area (TPSA) is 9.23 Å². The van der Waals surface area contributed by atoms with Crippen molar-refractivity contribution in [3.8, 4) is 0 Å². The largest absolute Gasteiger partial charge is 0.378 e. The lowest BCUT2D eigenvalue weighted by atomic mass is 10.4. The number of alkyl halides is 4. The minimum absolute atomic E-state index is 0.941. The van der Waals surface area contributed by atoms with Crippen molar-refractivity contribution in [2.24, 2.45) is 0 Å². The lowest BCUT2D eigenvalue weighted by Gasteiger charge is -2.12. The molecule has 0 radical (unpaired) electrons. The summed E-state index contributed by atoms with van der Waals surface area (Å²) in [5.41, 5.74) is 0. The zero-order valence-electron chi connectivity index (χ0n) is 4.70. The van der Waals surface area contributed by atoms with Crippen LogP contribution < -0.4 is 0 Å². The third-order valence-electron chi connectivity index (χ3n) is 0.656. The summed E-state index contributed by atoms with van der Waals surface area (Å²) in [6, 6.07) is 0. The molecule has 0 saturated heterocycles. The van der Waals surface area contributed by atoms with Crippen LogP contribution in [0.5, 0.6) is 0 Å². The fourth-order valence-electron chi connectivity index (χ4n) is 0.255. The molecule has 0 heterocycles. The molecule has 0 atom stereocenters. The number of hydrogen-bond donors (Lipinski definition) is 0. The second kappa shape index (κ2) is 3.00. The van der Waals surface area contributed by atoms with Gasteiger partial charge in [-0.05, 0) is 0 Å². The maximum Gasteiger partial charge on any atom is 0.330 e. The molecular weight excluding hydrogens is 140 g/mol. The normalized spacial score (nSPS) is 12.7. The molecular formula is C4H6F4O. The van der Waals surface area contributed by atoms with E-state index in [0.717, 1.165) is 7.11 Å². The zero-order chi connectivity index (χ0) is 7.49. The molecule has 0 N–H and O–H groups in total. The van der Waals surface area contributed by atoms with Gasteiger partial charge in [-0.2, -0.15) is 8.78 Å². The van der Waals surface area contributed by atoms with Gasteiger partial charge in [0.2, 0.25) is 0 Å². The van der Waals surface area contributed by atoms with E-state index in [1.54, 1.807) is 0 Å². The summed E-state index contributed by atoms with van der Waals surface area (Å²) in [6.07, 6.45) is -3.64. The van der Waals surface area contributed by atoms with Gasteiger partial charge in [-0.15, -0.1) is 0 Å². The van der Waals surface area contributed by atoms with Crippen molar-refractivity contribution in [1.29, 1.82) is 0 Å². The Morgan fingerprint density at radius 3 is 2.00 bits per heavy atom. The molecule has 0 bridgehead atoms. The quantitative estimate of drug-likeness (QED) is 0.548. The molecule has 0 aromatic carbocycles. The molecule has 0 spiro atoms. The molecule has 1 nitrogen and oxygen atoms in total. The number of rotatable bonds is 3. The molecule has 0 aliphatic rings. The van der Waals surface area contributed by atoms with E-state index in [4.69, 9.17) is 0 Å². The summed E-state index contributed by atoms with van der Waals surface area (Å²) in [5.74, 6) is -4.01. The summed E-state index contributed by atoms with van der Waals surface area (Å²) in [5, 5.41) is 0. The molecule has 0 amide bonds. The summed E-state index contributed by atoms with van der Waals surface area (Å²) in [6.45, 7) is -1.23. The van der Waals surface area contributed by atoms with Crippen LogP contribution in [0.25, 0.3) is 0 Å². The van der Waals surface area contributed by atoms with E-state index in [1.807, 2.05) is 0 Å². The van der Waals surface area contributed by atoms with Gasteiger partial charge in [-0.25, -0.2) is 8.78 Å². The van der Waals surface area contributed by atoms with E-state index in [2.05, 4.69) is 4.74 Å². The first kappa shape index (κ1) is 8.68. The third-order valence-corrected chi connectivity index (χ3v) is 0.656. The first-order valence-electron chi connectivity index (χ1n) is 2.15. The minimum atomic E-state index is -4.01. The van der Waals surface area contributed by atoms with Gasteiger partial charge in [-0.1, -0.05) is 0 Å². The van der Waals surface area contributed by atoms with Crippen molar-refractivity contribution in [3.05, 3.63) is 0 Å². The highest BCUT2D eigenvalue weighted by Gasteiger charge is 2.40. The smallest absolute Gasteiger partial charge is 0.330 e. The summed E-state index contributed by atoms with van der Waals surface area (Å²) >= 11 is 0. The molecule has 0 rings (SSSR count). The number of hydrogen-bond acceptors (Lipinski definition) is 1. The predicted molar refractivity (Wildman–Crippen MR) is 22.8 cm³/mol. The average molecular weight is 146 g/mol. The molecule has 0 fully saturated rings. The van der Waals surface area contributed by atoms with Crippen LogP contribution in [0.1, 0.15) is 0 Å². The van der Waals surface area contributed by atoms with Crippen LogP contribution in [-0.4, -0.2) is 26.1 Å². The fourth-order valence-corrected chi connectivity index (χ4v) is 0.255. The molecule has 5 heteroatoms. The highest BCUT2D eigenvalue weighted by atomic mass is 19.3. The molecule has 9 heavy (non-hydrogen) atoms. The lowest BCUT2D eigenvalue weighted by Crippen LogP contribution is -2.31. The van der Waals surface area contributed by atoms with E-state index in [0.29, 0.717) is 0 Å². The number of ether oxygens (including phenoxy) is 1. The Hall–Kier alpha value is -0.320. The van der Waals surface area contributed by atoms with Crippen molar-refractivity contribution in [2.75, 3.05) is 13.7 Å². The minimum Gasteiger partial charge on any atom is -0.378 e. The van der Waals surface area contributed by atoms with E-state index in [-0.39, 0.29) is 0 Å². The Labute approximate surface area is 49.6 Å². The maximum absolute atomic E-state index is 11.7. The monoisotopic (exact) mass is 146 g/mol. The molecule has 0 aliphatic heterocycles. The van der Waals surface area contributed by atoms with Crippen LogP contribution in [0.3, 0.4) is 0 Å². The van der Waals surface area contributed by atoms with Crippen LogP contribution in [0, 0.1) is 0 Å². The van der Waals surface area contributed by atoms with Gasteiger partial charge in [0.05, 0.1) is 0 Å². The molecule has 0 aliphatic carbocycles. The number of halogens is 4. The van der Waals surface area contributed by atoms with E-state index in [9.17, 15) is 17.6 Å². The second-order valence-corrected chi connectivity index (χ2v) is 1.49. The summed E-state index contributed by atoms with van der Waals surface area (Å²) < 4.78 is 49.5. The Bertz CT molecular complexity index is 82.6. The Morgan fingerprint density at radius 2 is 1.89 bits per heavy atom.